The molecule has 0 bridgehead atoms. The monoisotopic (exact) mass is 742 g/mol. The summed E-state index contributed by atoms with van der Waals surface area (Å²) in [4.78, 5) is 97.7. The summed E-state index contributed by atoms with van der Waals surface area (Å²) in [6, 6.07) is 0.635. The molecule has 0 saturated carbocycles. The number of benzene rings is 1. The molecule has 1 aliphatic rings. The Morgan fingerprint density at radius 1 is 0.960 bits per heavy atom. The average Bonchev–Trinajstić information content (AvgIpc) is 3.50. The third-order valence-corrected chi connectivity index (χ3v) is 9.05. The molecule has 1 heterocycles. The van der Waals surface area contributed by atoms with Crippen LogP contribution in [-0.4, -0.2) is 98.9 Å². The van der Waals surface area contributed by atoms with Crippen LogP contribution < -0.4 is 31.5 Å². The Labute approximate surface area is 297 Å². The quantitative estimate of drug-likeness (QED) is 0.0967. The van der Waals surface area contributed by atoms with Crippen molar-refractivity contribution in [1.29, 1.82) is 0 Å². The van der Waals surface area contributed by atoms with Crippen LogP contribution in [0.5, 0.6) is 5.75 Å². The van der Waals surface area contributed by atoms with Crippen molar-refractivity contribution in [1.82, 2.24) is 26.2 Å². The predicted octanol–water partition coefficient (Wildman–Crippen LogP) is 0.591. The zero-order valence-electron chi connectivity index (χ0n) is 29.3. The largest absolute Gasteiger partial charge is 0.524 e. The zero-order valence-corrected chi connectivity index (χ0v) is 31.1. The lowest BCUT2D eigenvalue weighted by Crippen LogP contribution is -2.59. The molecule has 0 aromatic heterocycles. The van der Waals surface area contributed by atoms with Gasteiger partial charge in [0.15, 0.2) is 0 Å². The van der Waals surface area contributed by atoms with E-state index in [9.17, 15) is 33.3 Å². The van der Waals surface area contributed by atoms with Crippen molar-refractivity contribution >= 4 is 55.0 Å². The molecular formula is C32H51N6O10PS. The molecule has 18 heteroatoms. The van der Waals surface area contributed by atoms with Crippen molar-refractivity contribution in [3.05, 3.63) is 29.8 Å². The Bertz CT molecular complexity index is 1410. The predicted molar refractivity (Wildman–Crippen MR) is 187 cm³/mol. The number of phosphoric acid groups is 1. The number of nitrogens with two attached hydrogens (primary N) is 1. The van der Waals surface area contributed by atoms with E-state index in [1.807, 2.05) is 20.1 Å². The van der Waals surface area contributed by atoms with Crippen LogP contribution >= 0.6 is 19.6 Å². The Kier molecular flexibility index (Phi) is 16.7. The molecule has 2 rings (SSSR count). The van der Waals surface area contributed by atoms with Gasteiger partial charge < -0.3 is 36.4 Å². The zero-order chi connectivity index (χ0) is 37.8. The standard InChI is InChI=1S/C32H51N6O10PS/c1-18(2)16-24(28(33)40)36-29(41)23(13-15-50-6)35-31(43)26-8-7-14-38(26)32(44)27(19(3)4)37-30(42)25(34-20(5)39)17-21-9-11-22(12-10-21)48-49(45,46)47/h9-12,18-19,23-27H,7-8,13-17H2,1-6H3,(H2,33,40)(H,34,39)(H,35,43)(H,36,41)(H,37,42)(H2,45,46,47)/t23-,24-,25-,26-,27-/m0/s1. The van der Waals surface area contributed by atoms with Gasteiger partial charge in [-0.05, 0) is 67.2 Å². The summed E-state index contributed by atoms with van der Waals surface area (Å²) in [5, 5.41) is 10.7. The molecule has 1 saturated heterocycles. The van der Waals surface area contributed by atoms with Gasteiger partial charge in [-0.15, -0.1) is 0 Å². The van der Waals surface area contributed by atoms with E-state index in [0.29, 0.717) is 30.6 Å². The van der Waals surface area contributed by atoms with Crippen molar-refractivity contribution in [3.8, 4) is 5.75 Å². The summed E-state index contributed by atoms with van der Waals surface area (Å²) < 4.78 is 15.7. The SMILES string of the molecule is CSCC[C@H](NC(=O)[C@@H]1CCCN1C(=O)[C@@H](NC(=O)[C@H](Cc1ccc(OP(=O)(O)O)cc1)NC(C)=O)C(C)C)C(=O)N[C@@H](CC(C)C)C(N)=O. The summed E-state index contributed by atoms with van der Waals surface area (Å²) in [6.07, 6.45) is 3.31. The highest BCUT2D eigenvalue weighted by molar-refractivity contribution is 7.98. The van der Waals surface area contributed by atoms with Crippen LogP contribution in [0, 0.1) is 11.8 Å². The summed E-state index contributed by atoms with van der Waals surface area (Å²) in [5.74, 6) is -3.29. The van der Waals surface area contributed by atoms with Gasteiger partial charge in [0.2, 0.25) is 35.4 Å². The van der Waals surface area contributed by atoms with Gasteiger partial charge in [-0.3, -0.25) is 38.6 Å². The summed E-state index contributed by atoms with van der Waals surface area (Å²) in [7, 11) is -4.77. The van der Waals surface area contributed by atoms with E-state index in [0.717, 1.165) is 0 Å². The molecule has 1 fully saturated rings. The number of nitrogens with one attached hydrogen (secondary N) is 4. The van der Waals surface area contributed by atoms with Gasteiger partial charge >= 0.3 is 7.82 Å². The molecule has 16 nitrogen and oxygen atoms in total. The second-order valence-electron chi connectivity index (χ2n) is 13.0. The maximum atomic E-state index is 13.9. The maximum absolute atomic E-state index is 13.9. The number of likely N-dealkylation sites (tertiary alicyclic amines) is 1. The van der Waals surface area contributed by atoms with E-state index < -0.39 is 79.4 Å². The fraction of sp³-hybridized carbons (Fsp3) is 0.625. The first-order valence-electron chi connectivity index (χ1n) is 16.4. The minimum absolute atomic E-state index is 0.0113. The Balaban J connectivity index is 2.21. The number of carbonyl (C=O) groups is 6. The van der Waals surface area contributed by atoms with Crippen LogP contribution in [0.2, 0.25) is 0 Å². The number of thioether (sulfide) groups is 1. The van der Waals surface area contributed by atoms with Crippen LogP contribution in [0.1, 0.15) is 65.9 Å². The first kappa shape index (κ1) is 42.5. The fourth-order valence-corrected chi connectivity index (χ4v) is 6.39. The third kappa shape index (κ3) is 13.9. The number of amides is 6. The van der Waals surface area contributed by atoms with Gasteiger partial charge in [-0.2, -0.15) is 11.8 Å². The lowest BCUT2D eigenvalue weighted by Gasteiger charge is -2.32. The van der Waals surface area contributed by atoms with Crippen LogP contribution in [-0.2, 0) is 39.8 Å². The van der Waals surface area contributed by atoms with E-state index in [-0.39, 0.29) is 31.1 Å². The number of rotatable bonds is 19. The highest BCUT2D eigenvalue weighted by atomic mass is 32.2. The Hall–Kier alpha value is -3.66. The van der Waals surface area contributed by atoms with Gasteiger partial charge in [0.1, 0.15) is 36.0 Å². The fourth-order valence-electron chi connectivity index (χ4n) is 5.53. The number of hydrogen-bond acceptors (Lipinski definition) is 9. The maximum Gasteiger partial charge on any atom is 0.524 e. The van der Waals surface area contributed by atoms with Crippen LogP contribution in [0.4, 0.5) is 0 Å². The van der Waals surface area contributed by atoms with Gasteiger partial charge in [0.05, 0.1) is 0 Å². The summed E-state index contributed by atoms with van der Waals surface area (Å²) in [6.45, 7) is 8.73. The van der Waals surface area contributed by atoms with Gasteiger partial charge in [0, 0.05) is 19.9 Å². The van der Waals surface area contributed by atoms with Crippen molar-refractivity contribution in [2.24, 2.45) is 17.6 Å². The molecule has 5 atom stereocenters. The van der Waals surface area contributed by atoms with E-state index in [1.54, 1.807) is 13.8 Å². The molecule has 1 aromatic rings. The van der Waals surface area contributed by atoms with E-state index in [4.69, 9.17) is 15.5 Å². The Morgan fingerprint density at radius 2 is 1.58 bits per heavy atom. The second kappa shape index (κ2) is 19.7. The van der Waals surface area contributed by atoms with Gasteiger partial charge in [-0.1, -0.05) is 39.8 Å². The molecule has 280 valence electrons. The van der Waals surface area contributed by atoms with Crippen molar-refractivity contribution < 1.29 is 47.6 Å². The third-order valence-electron chi connectivity index (χ3n) is 7.96. The molecule has 8 N–H and O–H groups in total. The number of hydrogen-bond donors (Lipinski definition) is 7. The topological polar surface area (TPSA) is 247 Å². The number of carbonyl (C=O) groups excluding carboxylic acids is 6. The second-order valence-corrected chi connectivity index (χ2v) is 15.2. The molecule has 0 spiro atoms. The minimum Gasteiger partial charge on any atom is -0.404 e. The van der Waals surface area contributed by atoms with E-state index in [1.165, 1.54) is 47.9 Å². The van der Waals surface area contributed by atoms with Gasteiger partial charge in [0.25, 0.3) is 0 Å². The van der Waals surface area contributed by atoms with E-state index in [2.05, 4.69) is 25.8 Å². The first-order chi connectivity index (χ1) is 23.3. The highest BCUT2D eigenvalue weighted by Gasteiger charge is 2.40. The molecule has 6 amide bonds. The minimum atomic E-state index is -4.77. The van der Waals surface area contributed by atoms with Crippen molar-refractivity contribution in [2.75, 3.05) is 18.6 Å². The molecule has 0 unspecified atom stereocenters. The smallest absolute Gasteiger partial charge is 0.404 e. The molecule has 1 aliphatic heterocycles. The first-order valence-corrected chi connectivity index (χ1v) is 19.4. The summed E-state index contributed by atoms with van der Waals surface area (Å²) >= 11 is 1.48. The lowest BCUT2D eigenvalue weighted by molar-refractivity contribution is -0.143. The highest BCUT2D eigenvalue weighted by Crippen LogP contribution is 2.37. The number of nitrogens with zero attached hydrogens (tertiary/aromatic N) is 1. The van der Waals surface area contributed by atoms with Gasteiger partial charge in [-0.25, -0.2) is 4.57 Å². The lowest BCUT2D eigenvalue weighted by atomic mass is 10.00. The number of primary amides is 1. The molecule has 0 radical (unpaired) electrons. The normalized spacial score (nSPS) is 17.0. The van der Waals surface area contributed by atoms with Crippen LogP contribution in [0.15, 0.2) is 24.3 Å². The molecular weight excluding hydrogens is 691 g/mol. The summed E-state index contributed by atoms with van der Waals surface area (Å²) in [5.41, 5.74) is 6.04. The number of phosphoric ester groups is 1. The van der Waals surface area contributed by atoms with Crippen molar-refractivity contribution in [2.45, 2.75) is 96.9 Å². The molecule has 50 heavy (non-hydrogen) atoms. The van der Waals surface area contributed by atoms with Crippen LogP contribution in [0.3, 0.4) is 0 Å². The average molecular weight is 743 g/mol. The van der Waals surface area contributed by atoms with E-state index >= 15 is 0 Å². The van der Waals surface area contributed by atoms with Crippen molar-refractivity contribution in [3.63, 3.8) is 0 Å². The molecule has 0 aliphatic carbocycles. The molecule has 1 aromatic carbocycles. The Morgan fingerprint density at radius 3 is 2.10 bits per heavy atom. The van der Waals surface area contributed by atoms with Crippen LogP contribution in [0.25, 0.3) is 0 Å².